The minimum absolute atomic E-state index is 0.0693. The summed E-state index contributed by atoms with van der Waals surface area (Å²) in [5, 5.41) is 0. The van der Waals surface area contributed by atoms with Gasteiger partial charge in [0.15, 0.2) is 5.78 Å². The molecule has 1 aromatic heterocycles. The monoisotopic (exact) mass is 214 g/mol. The van der Waals surface area contributed by atoms with E-state index >= 15 is 0 Å². The molecule has 0 aliphatic heterocycles. The number of Topliss-reactive ketones (excluding diaryl/α,β-unsaturated/α-hetero) is 1. The van der Waals surface area contributed by atoms with Gasteiger partial charge in [-0.05, 0) is 6.07 Å². The highest BCUT2D eigenvalue weighted by molar-refractivity contribution is 6.30. The summed E-state index contributed by atoms with van der Waals surface area (Å²) >= 11 is 5.38. The predicted octanol–water partition coefficient (Wildman–Crippen LogP) is 1.44. The van der Waals surface area contributed by atoms with E-state index in [4.69, 9.17) is 11.6 Å². The summed E-state index contributed by atoms with van der Waals surface area (Å²) < 4.78 is 1.35. The van der Waals surface area contributed by atoms with Crippen LogP contribution in [0.1, 0.15) is 10.4 Å². The first kappa shape index (κ1) is 10.8. The zero-order chi connectivity index (χ0) is 10.7. The zero-order valence-electron chi connectivity index (χ0n) is 8.03. The van der Waals surface area contributed by atoms with E-state index in [1.165, 1.54) is 15.7 Å². The molecule has 14 heavy (non-hydrogen) atoms. The van der Waals surface area contributed by atoms with Crippen LogP contribution in [-0.2, 0) is 0 Å². The Balaban J connectivity index is 2.88. The molecule has 0 aromatic carbocycles. The van der Waals surface area contributed by atoms with E-state index < -0.39 is 0 Å². The van der Waals surface area contributed by atoms with Crippen LogP contribution in [0.4, 0.5) is 4.79 Å². The van der Waals surface area contributed by atoms with Crippen LogP contribution in [0.15, 0.2) is 18.5 Å². The molecule has 0 atom stereocenters. The quantitative estimate of drug-likeness (QED) is 0.552. The third-order valence-electron chi connectivity index (χ3n) is 1.74. The Morgan fingerprint density at radius 3 is 2.64 bits per heavy atom. The number of amides is 1. The Morgan fingerprint density at radius 1 is 1.50 bits per heavy atom. The first-order valence-electron chi connectivity index (χ1n) is 4.05. The van der Waals surface area contributed by atoms with Crippen molar-refractivity contribution >= 4 is 23.4 Å². The van der Waals surface area contributed by atoms with E-state index in [0.717, 1.165) is 0 Å². The number of alkyl halides is 1. The third-order valence-corrected chi connectivity index (χ3v) is 1.98. The van der Waals surface area contributed by atoms with Crippen LogP contribution in [0.3, 0.4) is 0 Å². The summed E-state index contributed by atoms with van der Waals surface area (Å²) in [4.78, 5) is 24.0. The van der Waals surface area contributed by atoms with Crippen molar-refractivity contribution in [2.45, 2.75) is 0 Å². The largest absolute Gasteiger partial charge is 0.330 e. The summed E-state index contributed by atoms with van der Waals surface area (Å²) in [6.07, 6.45) is 3.02. The molecule has 5 heteroatoms. The van der Waals surface area contributed by atoms with Crippen molar-refractivity contribution in [2.75, 3.05) is 20.0 Å². The lowest BCUT2D eigenvalue weighted by atomic mass is 10.2. The fourth-order valence-corrected chi connectivity index (χ4v) is 1.14. The molecule has 0 spiro atoms. The van der Waals surface area contributed by atoms with E-state index in [1.54, 1.807) is 26.4 Å². The van der Waals surface area contributed by atoms with E-state index in [9.17, 15) is 9.59 Å². The number of hydrogen-bond donors (Lipinski definition) is 0. The molecular weight excluding hydrogens is 204 g/mol. The van der Waals surface area contributed by atoms with Crippen molar-refractivity contribution in [3.63, 3.8) is 0 Å². The van der Waals surface area contributed by atoms with Crippen molar-refractivity contribution in [2.24, 2.45) is 0 Å². The highest BCUT2D eigenvalue weighted by Crippen LogP contribution is 2.04. The maximum absolute atomic E-state index is 11.4. The van der Waals surface area contributed by atoms with Gasteiger partial charge in [0.25, 0.3) is 0 Å². The summed E-state index contributed by atoms with van der Waals surface area (Å²) in [7, 11) is 3.29. The van der Waals surface area contributed by atoms with Crippen LogP contribution >= 0.6 is 11.6 Å². The number of carbonyl (C=O) groups is 2. The van der Waals surface area contributed by atoms with Crippen molar-refractivity contribution in [3.05, 3.63) is 24.0 Å². The molecule has 0 bridgehead atoms. The molecule has 1 heterocycles. The van der Waals surface area contributed by atoms with E-state index in [1.807, 2.05) is 0 Å². The average molecular weight is 215 g/mol. The molecule has 0 aliphatic carbocycles. The number of ketones is 1. The van der Waals surface area contributed by atoms with Crippen LogP contribution in [0.2, 0.25) is 0 Å². The van der Waals surface area contributed by atoms with Crippen molar-refractivity contribution < 1.29 is 9.59 Å². The van der Waals surface area contributed by atoms with E-state index in [0.29, 0.717) is 5.56 Å². The fraction of sp³-hybridized carbons (Fsp3) is 0.333. The molecule has 0 fully saturated rings. The van der Waals surface area contributed by atoms with Crippen LogP contribution in [0, 0.1) is 0 Å². The number of aromatic nitrogens is 1. The van der Waals surface area contributed by atoms with Crippen LogP contribution in [0.5, 0.6) is 0 Å². The Labute approximate surface area is 87.1 Å². The lowest BCUT2D eigenvalue weighted by Gasteiger charge is -2.09. The minimum Gasteiger partial charge on any atom is -0.330 e. The van der Waals surface area contributed by atoms with E-state index in [2.05, 4.69) is 0 Å². The lowest BCUT2D eigenvalue weighted by Crippen LogP contribution is -2.26. The maximum atomic E-state index is 11.4. The average Bonchev–Trinajstić information content (AvgIpc) is 2.64. The molecule has 0 N–H and O–H groups in total. The number of carbonyl (C=O) groups excluding carboxylic acids is 2. The standard InChI is InChI=1S/C9H11ClN2O2/c1-11(2)9(14)12-4-3-7(6-12)8(13)5-10/h3-4,6H,5H2,1-2H3. The molecule has 0 saturated heterocycles. The second kappa shape index (κ2) is 4.28. The molecule has 0 unspecified atom stereocenters. The lowest BCUT2D eigenvalue weighted by molar-refractivity contribution is 0.102. The number of nitrogens with zero attached hydrogens (tertiary/aromatic N) is 2. The maximum Gasteiger partial charge on any atom is 0.327 e. The van der Waals surface area contributed by atoms with Gasteiger partial charge in [-0.2, -0.15) is 0 Å². The Morgan fingerprint density at radius 2 is 2.14 bits per heavy atom. The molecule has 4 nitrogen and oxygen atoms in total. The first-order chi connectivity index (χ1) is 6.56. The highest BCUT2D eigenvalue weighted by Gasteiger charge is 2.10. The Kier molecular flexibility index (Phi) is 3.30. The van der Waals surface area contributed by atoms with Crippen LogP contribution < -0.4 is 0 Å². The molecule has 76 valence electrons. The predicted molar refractivity (Wildman–Crippen MR) is 54.0 cm³/mol. The summed E-state index contributed by atoms with van der Waals surface area (Å²) in [6.45, 7) is 0. The van der Waals surface area contributed by atoms with Gasteiger partial charge in [-0.1, -0.05) is 0 Å². The summed E-state index contributed by atoms with van der Waals surface area (Å²) in [5.41, 5.74) is 0.454. The number of halogens is 1. The summed E-state index contributed by atoms with van der Waals surface area (Å²) in [6, 6.07) is 1.38. The van der Waals surface area contributed by atoms with Gasteiger partial charge in [0, 0.05) is 32.1 Å². The van der Waals surface area contributed by atoms with Gasteiger partial charge in [-0.25, -0.2) is 4.79 Å². The summed E-state index contributed by atoms with van der Waals surface area (Å²) in [5.74, 6) is -0.253. The Bertz CT molecular complexity index is 357. The minimum atomic E-state index is -0.196. The second-order valence-corrected chi connectivity index (χ2v) is 3.31. The van der Waals surface area contributed by atoms with Crippen LogP contribution in [0.25, 0.3) is 0 Å². The third kappa shape index (κ3) is 2.14. The van der Waals surface area contributed by atoms with Gasteiger partial charge >= 0.3 is 6.03 Å². The van der Waals surface area contributed by atoms with Gasteiger partial charge in [0.2, 0.25) is 0 Å². The molecule has 1 aromatic rings. The van der Waals surface area contributed by atoms with Crippen molar-refractivity contribution in [3.8, 4) is 0 Å². The second-order valence-electron chi connectivity index (χ2n) is 3.04. The first-order valence-corrected chi connectivity index (χ1v) is 4.58. The van der Waals surface area contributed by atoms with Gasteiger partial charge < -0.3 is 4.90 Å². The molecule has 1 rings (SSSR count). The van der Waals surface area contributed by atoms with Crippen molar-refractivity contribution in [1.82, 2.24) is 9.47 Å². The molecule has 0 aliphatic rings. The normalized spacial score (nSPS) is 9.93. The highest BCUT2D eigenvalue weighted by atomic mass is 35.5. The number of hydrogen-bond acceptors (Lipinski definition) is 2. The molecule has 1 amide bonds. The van der Waals surface area contributed by atoms with Gasteiger partial charge in [-0.3, -0.25) is 9.36 Å². The molecule has 0 radical (unpaired) electrons. The van der Waals surface area contributed by atoms with Gasteiger partial charge in [-0.15, -0.1) is 11.6 Å². The van der Waals surface area contributed by atoms with Gasteiger partial charge in [0.05, 0.1) is 5.88 Å². The van der Waals surface area contributed by atoms with Crippen LogP contribution in [-0.4, -0.2) is 41.3 Å². The SMILES string of the molecule is CN(C)C(=O)n1ccc(C(=O)CCl)c1. The number of rotatable bonds is 2. The zero-order valence-corrected chi connectivity index (χ0v) is 8.78. The molecular formula is C9H11ClN2O2. The van der Waals surface area contributed by atoms with Crippen molar-refractivity contribution in [1.29, 1.82) is 0 Å². The molecule has 0 saturated carbocycles. The smallest absolute Gasteiger partial charge is 0.327 e. The Hall–Kier alpha value is -1.29. The van der Waals surface area contributed by atoms with Gasteiger partial charge in [0.1, 0.15) is 0 Å². The van der Waals surface area contributed by atoms with E-state index in [-0.39, 0.29) is 17.7 Å². The fourth-order valence-electron chi connectivity index (χ4n) is 0.989. The topological polar surface area (TPSA) is 42.3 Å².